The first-order valence-electron chi connectivity index (χ1n) is 5.25. The van der Waals surface area contributed by atoms with E-state index in [-0.39, 0.29) is 5.91 Å². The highest BCUT2D eigenvalue weighted by atomic mass is 32.1. The Balaban J connectivity index is 1.84. The maximum atomic E-state index is 10.9. The van der Waals surface area contributed by atoms with E-state index in [1.54, 1.807) is 12.3 Å². The van der Waals surface area contributed by atoms with Gasteiger partial charge in [0.05, 0.1) is 10.6 Å². The van der Waals surface area contributed by atoms with Crippen molar-refractivity contribution in [2.24, 2.45) is 5.73 Å². The van der Waals surface area contributed by atoms with Crippen LogP contribution in [0.3, 0.4) is 0 Å². The number of hydrogen-bond donors (Lipinski definition) is 2. The topological polar surface area (TPSA) is 68.0 Å². The Morgan fingerprint density at radius 1 is 1.29 bits per heavy atom. The maximum absolute atomic E-state index is 10.9. The number of rotatable bonds is 5. The van der Waals surface area contributed by atoms with Crippen LogP contribution in [0.1, 0.15) is 20.2 Å². The molecule has 1 amide bonds. The van der Waals surface area contributed by atoms with Crippen molar-refractivity contribution in [2.45, 2.75) is 13.1 Å². The molecule has 0 atom stereocenters. The van der Waals surface area contributed by atoms with Gasteiger partial charge in [-0.2, -0.15) is 0 Å². The molecule has 17 heavy (non-hydrogen) atoms. The van der Waals surface area contributed by atoms with Crippen LogP contribution in [0.15, 0.2) is 36.5 Å². The summed E-state index contributed by atoms with van der Waals surface area (Å²) in [6.45, 7) is 1.43. The zero-order valence-corrected chi connectivity index (χ0v) is 10.0. The second-order valence-electron chi connectivity index (χ2n) is 3.55. The van der Waals surface area contributed by atoms with E-state index >= 15 is 0 Å². The molecule has 2 aromatic heterocycles. The normalized spacial score (nSPS) is 10.4. The van der Waals surface area contributed by atoms with Crippen molar-refractivity contribution in [1.82, 2.24) is 10.3 Å². The Morgan fingerprint density at radius 2 is 2.18 bits per heavy atom. The summed E-state index contributed by atoms with van der Waals surface area (Å²) in [4.78, 5) is 16.8. The van der Waals surface area contributed by atoms with Gasteiger partial charge in [0.25, 0.3) is 5.91 Å². The molecular formula is C12H13N3OS. The molecule has 2 heterocycles. The fourth-order valence-electron chi connectivity index (χ4n) is 1.42. The van der Waals surface area contributed by atoms with Crippen LogP contribution < -0.4 is 11.1 Å². The number of primary amides is 1. The van der Waals surface area contributed by atoms with Gasteiger partial charge < -0.3 is 11.1 Å². The van der Waals surface area contributed by atoms with Gasteiger partial charge in [-0.25, -0.2) is 0 Å². The summed E-state index contributed by atoms with van der Waals surface area (Å²) in [6, 6.07) is 9.49. The summed E-state index contributed by atoms with van der Waals surface area (Å²) in [7, 11) is 0. The van der Waals surface area contributed by atoms with E-state index in [1.165, 1.54) is 11.3 Å². The average Bonchev–Trinajstić information content (AvgIpc) is 2.79. The van der Waals surface area contributed by atoms with Crippen molar-refractivity contribution in [3.63, 3.8) is 0 Å². The van der Waals surface area contributed by atoms with Crippen molar-refractivity contribution >= 4 is 17.2 Å². The summed E-state index contributed by atoms with van der Waals surface area (Å²) in [5.41, 5.74) is 6.19. The minimum absolute atomic E-state index is 0.369. The lowest BCUT2D eigenvalue weighted by Gasteiger charge is -2.01. The molecule has 3 N–H and O–H groups in total. The first kappa shape index (κ1) is 11.8. The maximum Gasteiger partial charge on any atom is 0.258 e. The molecule has 0 aliphatic rings. The van der Waals surface area contributed by atoms with Crippen LogP contribution in [-0.2, 0) is 13.1 Å². The van der Waals surface area contributed by atoms with Gasteiger partial charge in [0.15, 0.2) is 0 Å². The fourth-order valence-corrected chi connectivity index (χ4v) is 2.25. The van der Waals surface area contributed by atoms with Crippen LogP contribution in [0.25, 0.3) is 0 Å². The zero-order chi connectivity index (χ0) is 12.1. The monoisotopic (exact) mass is 247 g/mol. The minimum atomic E-state index is -0.369. The van der Waals surface area contributed by atoms with Crippen molar-refractivity contribution in [3.8, 4) is 0 Å². The quantitative estimate of drug-likeness (QED) is 0.842. The molecule has 0 bridgehead atoms. The van der Waals surface area contributed by atoms with Crippen molar-refractivity contribution < 1.29 is 4.79 Å². The lowest BCUT2D eigenvalue weighted by atomic mass is 10.3. The number of nitrogens with zero attached hydrogens (tertiary/aromatic N) is 1. The molecule has 88 valence electrons. The number of hydrogen-bond acceptors (Lipinski definition) is 4. The van der Waals surface area contributed by atoms with Crippen molar-refractivity contribution in [1.29, 1.82) is 0 Å². The number of nitrogens with one attached hydrogen (secondary N) is 1. The molecule has 2 aromatic rings. The van der Waals surface area contributed by atoms with E-state index in [0.717, 1.165) is 10.6 Å². The molecule has 0 unspecified atom stereocenters. The van der Waals surface area contributed by atoms with Crippen molar-refractivity contribution in [3.05, 3.63) is 52.0 Å². The Hall–Kier alpha value is -1.72. The SMILES string of the molecule is NC(=O)c1ccc(CNCc2ccccn2)s1. The van der Waals surface area contributed by atoms with Crippen LogP contribution in [-0.4, -0.2) is 10.9 Å². The molecular weight excluding hydrogens is 234 g/mol. The summed E-state index contributed by atoms with van der Waals surface area (Å²) in [6.07, 6.45) is 1.77. The van der Waals surface area contributed by atoms with E-state index in [9.17, 15) is 4.79 Å². The minimum Gasteiger partial charge on any atom is -0.365 e. The summed E-state index contributed by atoms with van der Waals surface area (Å²) < 4.78 is 0. The lowest BCUT2D eigenvalue weighted by Crippen LogP contribution is -2.12. The molecule has 0 radical (unpaired) electrons. The first-order valence-corrected chi connectivity index (χ1v) is 6.06. The van der Waals surface area contributed by atoms with E-state index < -0.39 is 0 Å². The molecule has 0 saturated carbocycles. The second kappa shape index (κ2) is 5.56. The third-order valence-corrected chi connectivity index (χ3v) is 3.34. The molecule has 0 aromatic carbocycles. The van der Waals surface area contributed by atoms with Crippen LogP contribution in [0.5, 0.6) is 0 Å². The van der Waals surface area contributed by atoms with Crippen LogP contribution in [0, 0.1) is 0 Å². The molecule has 5 heteroatoms. The number of aromatic nitrogens is 1. The van der Waals surface area contributed by atoms with Crippen LogP contribution >= 0.6 is 11.3 Å². The van der Waals surface area contributed by atoms with Gasteiger partial charge in [0.1, 0.15) is 0 Å². The highest BCUT2D eigenvalue weighted by molar-refractivity contribution is 7.14. The molecule has 2 rings (SSSR count). The summed E-state index contributed by atoms with van der Waals surface area (Å²) >= 11 is 1.42. The molecule has 0 spiro atoms. The zero-order valence-electron chi connectivity index (χ0n) is 9.22. The molecule has 0 saturated heterocycles. The Bertz CT molecular complexity index is 495. The van der Waals surface area contributed by atoms with Gasteiger partial charge >= 0.3 is 0 Å². The Kier molecular flexibility index (Phi) is 3.85. The number of pyridine rings is 1. The van der Waals surface area contributed by atoms with Crippen LogP contribution in [0.4, 0.5) is 0 Å². The number of thiophene rings is 1. The van der Waals surface area contributed by atoms with E-state index in [2.05, 4.69) is 10.3 Å². The number of carbonyl (C=O) groups excluding carboxylic acids is 1. The number of carbonyl (C=O) groups is 1. The van der Waals surface area contributed by atoms with Crippen LogP contribution in [0.2, 0.25) is 0 Å². The fraction of sp³-hybridized carbons (Fsp3) is 0.167. The Labute approximate surface area is 103 Å². The smallest absolute Gasteiger partial charge is 0.258 e. The van der Waals surface area contributed by atoms with Gasteiger partial charge in [-0.3, -0.25) is 9.78 Å². The van der Waals surface area contributed by atoms with Gasteiger partial charge in [-0.15, -0.1) is 11.3 Å². The predicted molar refractivity (Wildman–Crippen MR) is 67.6 cm³/mol. The highest BCUT2D eigenvalue weighted by Crippen LogP contribution is 2.15. The second-order valence-corrected chi connectivity index (χ2v) is 4.72. The summed E-state index contributed by atoms with van der Waals surface area (Å²) in [5.74, 6) is -0.369. The third kappa shape index (κ3) is 3.37. The Morgan fingerprint density at radius 3 is 2.82 bits per heavy atom. The number of nitrogens with two attached hydrogens (primary N) is 1. The standard InChI is InChI=1S/C12H13N3OS/c13-12(16)11-5-4-10(17-11)8-14-7-9-3-1-2-6-15-9/h1-6,14H,7-8H2,(H2,13,16). The molecule has 0 fully saturated rings. The number of amides is 1. The van der Waals surface area contributed by atoms with E-state index in [4.69, 9.17) is 5.73 Å². The van der Waals surface area contributed by atoms with Gasteiger partial charge in [-0.05, 0) is 24.3 Å². The van der Waals surface area contributed by atoms with E-state index in [0.29, 0.717) is 18.0 Å². The first-order chi connectivity index (χ1) is 8.25. The third-order valence-electron chi connectivity index (χ3n) is 2.24. The van der Waals surface area contributed by atoms with Gasteiger partial charge in [-0.1, -0.05) is 6.07 Å². The van der Waals surface area contributed by atoms with Gasteiger partial charge in [0, 0.05) is 24.2 Å². The molecule has 0 aliphatic heterocycles. The lowest BCUT2D eigenvalue weighted by molar-refractivity contribution is 0.100. The molecule has 4 nitrogen and oxygen atoms in total. The van der Waals surface area contributed by atoms with E-state index in [1.807, 2.05) is 24.3 Å². The molecule has 0 aliphatic carbocycles. The predicted octanol–water partition coefficient (Wildman–Crippen LogP) is 1.53. The average molecular weight is 247 g/mol. The highest BCUT2D eigenvalue weighted by Gasteiger charge is 2.04. The van der Waals surface area contributed by atoms with Crippen molar-refractivity contribution in [2.75, 3.05) is 0 Å². The van der Waals surface area contributed by atoms with Gasteiger partial charge in [0.2, 0.25) is 0 Å². The largest absolute Gasteiger partial charge is 0.365 e. The summed E-state index contributed by atoms with van der Waals surface area (Å²) in [5, 5.41) is 3.27.